The maximum atomic E-state index is 11.9. The SMILES string of the molecule is Cc1c(C)c2ccc3c(c2oc1=O)OC1=C(CCCC1)O3. The van der Waals surface area contributed by atoms with Crippen molar-refractivity contribution in [1.29, 1.82) is 0 Å². The number of hydrogen-bond donors (Lipinski definition) is 0. The fourth-order valence-corrected chi connectivity index (χ4v) is 2.96. The maximum absolute atomic E-state index is 11.9. The van der Waals surface area contributed by atoms with Crippen LogP contribution in [0.25, 0.3) is 11.0 Å². The molecule has 4 heteroatoms. The summed E-state index contributed by atoms with van der Waals surface area (Å²) in [5.41, 5.74) is 1.73. The highest BCUT2D eigenvalue weighted by Gasteiger charge is 2.27. The molecular formula is C17H16O4. The normalized spacial score (nSPS) is 17.0. The summed E-state index contributed by atoms with van der Waals surface area (Å²) >= 11 is 0. The first kappa shape index (κ1) is 12.5. The Kier molecular flexibility index (Phi) is 2.61. The first-order valence-electron chi connectivity index (χ1n) is 7.30. The van der Waals surface area contributed by atoms with Gasteiger partial charge in [0, 0.05) is 23.8 Å². The van der Waals surface area contributed by atoms with Gasteiger partial charge in [-0.15, -0.1) is 0 Å². The molecule has 2 aliphatic rings. The zero-order valence-electron chi connectivity index (χ0n) is 12.1. The van der Waals surface area contributed by atoms with Crippen LogP contribution in [0.2, 0.25) is 0 Å². The minimum atomic E-state index is -0.319. The fourth-order valence-electron chi connectivity index (χ4n) is 2.96. The van der Waals surface area contributed by atoms with E-state index in [0.717, 1.165) is 48.2 Å². The summed E-state index contributed by atoms with van der Waals surface area (Å²) in [6.07, 6.45) is 4.01. The molecule has 108 valence electrons. The van der Waals surface area contributed by atoms with Crippen LogP contribution in [0.3, 0.4) is 0 Å². The van der Waals surface area contributed by atoms with Crippen LogP contribution in [0.15, 0.2) is 32.9 Å². The Morgan fingerprint density at radius 3 is 2.43 bits per heavy atom. The van der Waals surface area contributed by atoms with Crippen LogP contribution in [0.5, 0.6) is 11.5 Å². The van der Waals surface area contributed by atoms with Crippen LogP contribution in [-0.4, -0.2) is 0 Å². The molecule has 21 heavy (non-hydrogen) atoms. The van der Waals surface area contributed by atoms with E-state index in [2.05, 4.69) is 0 Å². The van der Waals surface area contributed by atoms with E-state index < -0.39 is 0 Å². The predicted molar refractivity (Wildman–Crippen MR) is 78.7 cm³/mol. The third-order valence-corrected chi connectivity index (χ3v) is 4.37. The van der Waals surface area contributed by atoms with Crippen molar-refractivity contribution < 1.29 is 13.9 Å². The van der Waals surface area contributed by atoms with E-state index >= 15 is 0 Å². The number of aryl methyl sites for hydroxylation is 1. The molecule has 1 aromatic heterocycles. The van der Waals surface area contributed by atoms with Crippen LogP contribution >= 0.6 is 0 Å². The molecule has 0 saturated heterocycles. The molecule has 1 aliphatic carbocycles. The molecule has 0 saturated carbocycles. The van der Waals surface area contributed by atoms with E-state index in [9.17, 15) is 4.79 Å². The molecular weight excluding hydrogens is 268 g/mol. The van der Waals surface area contributed by atoms with Gasteiger partial charge < -0.3 is 13.9 Å². The van der Waals surface area contributed by atoms with Crippen LogP contribution < -0.4 is 15.1 Å². The van der Waals surface area contributed by atoms with Gasteiger partial charge in [0.15, 0.2) is 11.3 Å². The average Bonchev–Trinajstić information content (AvgIpc) is 2.51. The number of hydrogen-bond acceptors (Lipinski definition) is 4. The molecule has 4 rings (SSSR count). The molecule has 0 amide bonds. The second-order valence-corrected chi connectivity index (χ2v) is 5.67. The number of allylic oxidation sites excluding steroid dienone is 2. The highest BCUT2D eigenvalue weighted by atomic mass is 16.6. The van der Waals surface area contributed by atoms with Gasteiger partial charge in [0.2, 0.25) is 5.75 Å². The van der Waals surface area contributed by atoms with Crippen molar-refractivity contribution in [2.45, 2.75) is 39.5 Å². The summed E-state index contributed by atoms with van der Waals surface area (Å²) in [5.74, 6) is 2.96. The summed E-state index contributed by atoms with van der Waals surface area (Å²) in [5, 5.41) is 0.898. The van der Waals surface area contributed by atoms with Gasteiger partial charge in [0.05, 0.1) is 0 Å². The molecule has 4 nitrogen and oxygen atoms in total. The maximum Gasteiger partial charge on any atom is 0.339 e. The molecule has 0 radical (unpaired) electrons. The summed E-state index contributed by atoms with van der Waals surface area (Å²) in [6, 6.07) is 3.82. The van der Waals surface area contributed by atoms with Crippen molar-refractivity contribution >= 4 is 11.0 Å². The molecule has 0 bridgehead atoms. The minimum absolute atomic E-state index is 0.319. The van der Waals surface area contributed by atoms with Gasteiger partial charge in [-0.3, -0.25) is 0 Å². The average molecular weight is 284 g/mol. The van der Waals surface area contributed by atoms with Gasteiger partial charge in [0.25, 0.3) is 0 Å². The molecule has 0 unspecified atom stereocenters. The van der Waals surface area contributed by atoms with Crippen molar-refractivity contribution in [2.24, 2.45) is 0 Å². The van der Waals surface area contributed by atoms with Crippen molar-refractivity contribution in [1.82, 2.24) is 0 Å². The number of rotatable bonds is 0. The van der Waals surface area contributed by atoms with E-state index in [1.807, 2.05) is 19.1 Å². The van der Waals surface area contributed by atoms with Gasteiger partial charge in [-0.25, -0.2) is 4.79 Å². The van der Waals surface area contributed by atoms with E-state index in [1.165, 1.54) is 0 Å². The topological polar surface area (TPSA) is 48.7 Å². The molecule has 0 N–H and O–H groups in total. The molecule has 0 fully saturated rings. The Labute approximate surface area is 122 Å². The second kappa shape index (κ2) is 4.38. The van der Waals surface area contributed by atoms with E-state index in [-0.39, 0.29) is 5.63 Å². The van der Waals surface area contributed by atoms with Gasteiger partial charge in [-0.05, 0) is 44.4 Å². The van der Waals surface area contributed by atoms with Crippen LogP contribution in [0.1, 0.15) is 36.8 Å². The third kappa shape index (κ3) is 1.78. The largest absolute Gasteiger partial charge is 0.454 e. The van der Waals surface area contributed by atoms with Crippen LogP contribution in [-0.2, 0) is 0 Å². The highest BCUT2D eigenvalue weighted by Crippen LogP contribution is 2.44. The minimum Gasteiger partial charge on any atom is -0.454 e. The first-order chi connectivity index (χ1) is 10.1. The van der Waals surface area contributed by atoms with Crippen molar-refractivity contribution in [3.63, 3.8) is 0 Å². The van der Waals surface area contributed by atoms with E-state index in [0.29, 0.717) is 22.6 Å². The molecule has 2 heterocycles. The number of ether oxygens (including phenoxy) is 2. The number of benzene rings is 1. The van der Waals surface area contributed by atoms with Gasteiger partial charge in [0.1, 0.15) is 11.5 Å². The lowest BCUT2D eigenvalue weighted by molar-refractivity contribution is 0.253. The smallest absolute Gasteiger partial charge is 0.339 e. The molecule has 0 spiro atoms. The standard InChI is InChI=1S/C17H16O4/c1-9-10(2)17(18)21-15-11(9)7-8-14-16(15)20-13-6-4-3-5-12(13)19-14/h7-8H,3-6H2,1-2H3. The van der Waals surface area contributed by atoms with Gasteiger partial charge in [-0.1, -0.05) is 0 Å². The summed E-state index contributed by atoms with van der Waals surface area (Å²) in [6.45, 7) is 3.70. The van der Waals surface area contributed by atoms with Crippen molar-refractivity contribution in [2.75, 3.05) is 0 Å². The first-order valence-corrected chi connectivity index (χ1v) is 7.30. The monoisotopic (exact) mass is 284 g/mol. The van der Waals surface area contributed by atoms with E-state index in [4.69, 9.17) is 13.9 Å². The predicted octanol–water partition coefficient (Wildman–Crippen LogP) is 3.97. The Morgan fingerprint density at radius 2 is 1.67 bits per heavy atom. The van der Waals surface area contributed by atoms with Gasteiger partial charge >= 0.3 is 5.63 Å². The molecule has 1 aromatic carbocycles. The van der Waals surface area contributed by atoms with Crippen LogP contribution in [0, 0.1) is 13.8 Å². The third-order valence-electron chi connectivity index (χ3n) is 4.37. The number of fused-ring (bicyclic) bond motifs is 3. The highest BCUT2D eigenvalue weighted by molar-refractivity contribution is 5.88. The van der Waals surface area contributed by atoms with Crippen LogP contribution in [0.4, 0.5) is 0 Å². The molecule has 2 aromatic rings. The van der Waals surface area contributed by atoms with E-state index in [1.54, 1.807) is 6.92 Å². The van der Waals surface area contributed by atoms with Gasteiger partial charge in [-0.2, -0.15) is 0 Å². The lowest BCUT2D eigenvalue weighted by atomic mass is 10.0. The summed E-state index contributed by atoms with van der Waals surface area (Å²) < 4.78 is 17.4. The second-order valence-electron chi connectivity index (χ2n) is 5.67. The zero-order chi connectivity index (χ0) is 14.6. The van der Waals surface area contributed by atoms with Crippen molar-refractivity contribution in [3.8, 4) is 11.5 Å². The quantitative estimate of drug-likeness (QED) is 0.687. The molecule has 0 atom stereocenters. The Balaban J connectivity index is 1.96. The summed E-state index contributed by atoms with van der Waals surface area (Å²) in [7, 11) is 0. The lowest BCUT2D eigenvalue weighted by Crippen LogP contribution is -2.16. The summed E-state index contributed by atoms with van der Waals surface area (Å²) in [4.78, 5) is 11.9. The Morgan fingerprint density at radius 1 is 0.952 bits per heavy atom. The lowest BCUT2D eigenvalue weighted by Gasteiger charge is -2.27. The Hall–Kier alpha value is -2.23. The fraction of sp³-hybridized carbons (Fsp3) is 0.353. The Bertz CT molecular complexity index is 842. The zero-order valence-corrected chi connectivity index (χ0v) is 12.1. The van der Waals surface area contributed by atoms with Crippen molar-refractivity contribution in [3.05, 3.63) is 45.2 Å². The molecule has 1 aliphatic heterocycles.